The molecule has 5 nitrogen and oxygen atoms in total. The molecular formula is C17H17ClN4OS2. The lowest BCUT2D eigenvalue weighted by Gasteiger charge is -2.22. The molecule has 130 valence electrons. The van der Waals surface area contributed by atoms with E-state index in [4.69, 9.17) is 11.6 Å². The van der Waals surface area contributed by atoms with Crippen LogP contribution in [0.3, 0.4) is 0 Å². The first-order chi connectivity index (χ1) is 12.0. The Hall–Kier alpha value is -1.80. The standard InChI is InChI=1S/C17H17ClN4OS2/c1-11(14-4-3-9-24-14)22(2)10-15-20-21-17(25-15)16(23)19-13-7-5-12(18)6-8-13/h3-9,11H,10H2,1-2H3,(H,19,23). The molecule has 1 aromatic carbocycles. The van der Waals surface area contributed by atoms with E-state index in [1.807, 2.05) is 7.05 Å². The van der Waals surface area contributed by atoms with Crippen molar-refractivity contribution in [1.29, 1.82) is 0 Å². The van der Waals surface area contributed by atoms with Crippen molar-refractivity contribution in [2.75, 3.05) is 12.4 Å². The fourth-order valence-electron chi connectivity index (χ4n) is 2.22. The molecule has 0 bridgehead atoms. The molecule has 1 N–H and O–H groups in total. The number of thiophene rings is 1. The lowest BCUT2D eigenvalue weighted by molar-refractivity contribution is 0.102. The van der Waals surface area contributed by atoms with Gasteiger partial charge in [-0.2, -0.15) is 0 Å². The minimum absolute atomic E-state index is 0.264. The highest BCUT2D eigenvalue weighted by Crippen LogP contribution is 2.25. The molecule has 0 radical (unpaired) electrons. The molecule has 2 aromatic heterocycles. The first-order valence-corrected chi connectivity index (χ1v) is 9.73. The highest BCUT2D eigenvalue weighted by Gasteiger charge is 2.17. The fourth-order valence-corrected chi connectivity index (χ4v) is 4.00. The summed E-state index contributed by atoms with van der Waals surface area (Å²) < 4.78 is 0. The van der Waals surface area contributed by atoms with E-state index >= 15 is 0 Å². The van der Waals surface area contributed by atoms with Gasteiger partial charge in [-0.15, -0.1) is 21.5 Å². The van der Waals surface area contributed by atoms with Crippen LogP contribution >= 0.6 is 34.3 Å². The van der Waals surface area contributed by atoms with Crippen molar-refractivity contribution < 1.29 is 4.79 Å². The van der Waals surface area contributed by atoms with Crippen molar-refractivity contribution >= 4 is 45.9 Å². The predicted octanol–water partition coefficient (Wildman–Crippen LogP) is 4.70. The smallest absolute Gasteiger partial charge is 0.286 e. The topological polar surface area (TPSA) is 58.1 Å². The van der Waals surface area contributed by atoms with Gasteiger partial charge in [0.25, 0.3) is 5.91 Å². The molecule has 0 aliphatic rings. The SMILES string of the molecule is CC(c1cccs1)N(C)Cc1nnc(C(=O)Nc2ccc(Cl)cc2)s1. The Kier molecular flexibility index (Phi) is 5.80. The number of nitrogens with one attached hydrogen (secondary N) is 1. The number of carbonyl (C=O) groups is 1. The lowest BCUT2D eigenvalue weighted by atomic mass is 10.2. The minimum Gasteiger partial charge on any atom is -0.320 e. The second-order valence-electron chi connectivity index (χ2n) is 5.57. The second-order valence-corrected chi connectivity index (χ2v) is 8.05. The first-order valence-electron chi connectivity index (χ1n) is 7.66. The highest BCUT2D eigenvalue weighted by atomic mass is 35.5. The van der Waals surface area contributed by atoms with Crippen molar-refractivity contribution in [3.8, 4) is 0 Å². The summed E-state index contributed by atoms with van der Waals surface area (Å²) >= 11 is 8.88. The molecule has 0 spiro atoms. The van der Waals surface area contributed by atoms with Gasteiger partial charge in [0, 0.05) is 21.6 Å². The Balaban J connectivity index is 1.61. The molecule has 1 atom stereocenters. The van der Waals surface area contributed by atoms with Crippen molar-refractivity contribution in [2.45, 2.75) is 19.5 Å². The summed E-state index contributed by atoms with van der Waals surface area (Å²) in [5.41, 5.74) is 0.676. The van der Waals surface area contributed by atoms with Crippen LogP contribution in [0.25, 0.3) is 0 Å². The Morgan fingerprint density at radius 3 is 2.72 bits per heavy atom. The third kappa shape index (κ3) is 4.64. The summed E-state index contributed by atoms with van der Waals surface area (Å²) in [6.45, 7) is 2.80. The molecule has 3 rings (SSSR count). The molecule has 3 aromatic rings. The van der Waals surface area contributed by atoms with Gasteiger partial charge in [0.1, 0.15) is 5.01 Å². The van der Waals surface area contributed by atoms with Gasteiger partial charge >= 0.3 is 0 Å². The average Bonchev–Trinajstić information content (AvgIpc) is 3.28. The molecule has 0 saturated carbocycles. The van der Waals surface area contributed by atoms with Gasteiger partial charge in [-0.3, -0.25) is 9.69 Å². The maximum absolute atomic E-state index is 12.3. The number of carbonyl (C=O) groups excluding carboxylic acids is 1. The molecule has 0 fully saturated rings. The van der Waals surface area contributed by atoms with E-state index < -0.39 is 0 Å². The molecule has 1 amide bonds. The highest BCUT2D eigenvalue weighted by molar-refractivity contribution is 7.13. The molecule has 0 aliphatic heterocycles. The van der Waals surface area contributed by atoms with E-state index in [1.165, 1.54) is 16.2 Å². The van der Waals surface area contributed by atoms with Crippen molar-refractivity contribution in [2.24, 2.45) is 0 Å². The molecule has 8 heteroatoms. The number of halogens is 1. The van der Waals surface area contributed by atoms with Crippen LogP contribution in [0.4, 0.5) is 5.69 Å². The molecule has 2 heterocycles. The molecule has 0 saturated heterocycles. The van der Waals surface area contributed by atoms with Crippen molar-refractivity contribution in [1.82, 2.24) is 15.1 Å². The van der Waals surface area contributed by atoms with Crippen LogP contribution in [0, 0.1) is 0 Å². The average molecular weight is 393 g/mol. The number of anilines is 1. The molecule has 25 heavy (non-hydrogen) atoms. The van der Waals surface area contributed by atoms with Crippen LogP contribution in [0.15, 0.2) is 41.8 Å². The Bertz CT molecular complexity index is 833. The van der Waals surface area contributed by atoms with E-state index in [9.17, 15) is 4.79 Å². The third-order valence-electron chi connectivity index (χ3n) is 3.76. The normalized spacial score (nSPS) is 12.3. The van der Waals surface area contributed by atoms with E-state index in [2.05, 4.69) is 44.9 Å². The quantitative estimate of drug-likeness (QED) is 0.660. The fraction of sp³-hybridized carbons (Fsp3) is 0.235. The summed E-state index contributed by atoms with van der Waals surface area (Å²) in [6.07, 6.45) is 0. The summed E-state index contributed by atoms with van der Waals surface area (Å²) in [4.78, 5) is 15.8. The van der Waals surface area contributed by atoms with Crippen LogP contribution in [-0.4, -0.2) is 28.1 Å². The summed E-state index contributed by atoms with van der Waals surface area (Å²) in [7, 11) is 2.04. The number of hydrogen-bond donors (Lipinski definition) is 1. The number of amides is 1. The number of aromatic nitrogens is 2. The number of rotatable bonds is 6. The second kappa shape index (κ2) is 8.05. The van der Waals surface area contributed by atoms with Gasteiger partial charge in [-0.05, 0) is 49.7 Å². The number of benzene rings is 1. The summed E-state index contributed by atoms with van der Waals surface area (Å²) in [5, 5.41) is 14.8. The Morgan fingerprint density at radius 2 is 2.04 bits per heavy atom. The number of nitrogens with zero attached hydrogens (tertiary/aromatic N) is 3. The van der Waals surface area contributed by atoms with Gasteiger partial charge in [-0.25, -0.2) is 0 Å². The maximum atomic E-state index is 12.3. The predicted molar refractivity (Wildman–Crippen MR) is 104 cm³/mol. The van der Waals surface area contributed by atoms with Gasteiger partial charge in [0.2, 0.25) is 5.01 Å². The van der Waals surface area contributed by atoms with Crippen LogP contribution in [0.2, 0.25) is 5.02 Å². The largest absolute Gasteiger partial charge is 0.320 e. The van der Waals surface area contributed by atoms with E-state index in [-0.39, 0.29) is 11.9 Å². The molecular weight excluding hydrogens is 376 g/mol. The van der Waals surface area contributed by atoms with Crippen LogP contribution in [-0.2, 0) is 6.54 Å². The Labute approximate surface area is 159 Å². The zero-order valence-corrected chi connectivity index (χ0v) is 16.2. The molecule has 0 aliphatic carbocycles. The first kappa shape index (κ1) is 18.0. The monoisotopic (exact) mass is 392 g/mol. The van der Waals surface area contributed by atoms with Crippen molar-refractivity contribution in [3.63, 3.8) is 0 Å². The van der Waals surface area contributed by atoms with Gasteiger partial charge < -0.3 is 5.32 Å². The van der Waals surface area contributed by atoms with Crippen LogP contribution < -0.4 is 5.32 Å². The van der Waals surface area contributed by atoms with Crippen LogP contribution in [0.5, 0.6) is 0 Å². The van der Waals surface area contributed by atoms with Gasteiger partial charge in [-0.1, -0.05) is 29.0 Å². The van der Waals surface area contributed by atoms with Crippen molar-refractivity contribution in [3.05, 3.63) is 61.7 Å². The zero-order chi connectivity index (χ0) is 17.8. The Morgan fingerprint density at radius 1 is 1.28 bits per heavy atom. The minimum atomic E-state index is -0.264. The van der Waals surface area contributed by atoms with E-state index in [1.54, 1.807) is 35.6 Å². The van der Waals surface area contributed by atoms with Gasteiger partial charge in [0.05, 0.1) is 6.54 Å². The van der Waals surface area contributed by atoms with E-state index in [0.717, 1.165) is 5.01 Å². The summed E-state index contributed by atoms with van der Waals surface area (Å²) in [5.74, 6) is -0.264. The zero-order valence-electron chi connectivity index (χ0n) is 13.8. The molecule has 1 unspecified atom stereocenters. The summed E-state index contributed by atoms with van der Waals surface area (Å²) in [6, 6.07) is 11.4. The van der Waals surface area contributed by atoms with E-state index in [0.29, 0.717) is 22.3 Å². The maximum Gasteiger partial charge on any atom is 0.286 e. The number of hydrogen-bond acceptors (Lipinski definition) is 6. The lowest BCUT2D eigenvalue weighted by Crippen LogP contribution is -2.21. The van der Waals surface area contributed by atoms with Crippen LogP contribution in [0.1, 0.15) is 32.7 Å². The third-order valence-corrected chi connectivity index (χ3v) is 5.97. The van der Waals surface area contributed by atoms with Gasteiger partial charge in [0.15, 0.2) is 0 Å².